The molecule has 7 nitrogen and oxygen atoms in total. The Morgan fingerprint density at radius 3 is 2.50 bits per heavy atom. The molecule has 4 aromatic rings. The normalized spacial score (nSPS) is 12.2. The van der Waals surface area contributed by atoms with Crippen LogP contribution in [0.25, 0.3) is 22.0 Å². The number of para-hydroxylation sites is 1. The molecule has 0 saturated heterocycles. The summed E-state index contributed by atoms with van der Waals surface area (Å²) in [5.41, 5.74) is 7.97. The molecule has 0 aliphatic heterocycles. The SMILES string of the molecule is CNc1nn(C)c2c(-c3ccc(C#CC(C)(C)O)nc3[C@H](CC(N)=O)Cc3cc(F)cc(F)c3)cccc12. The Morgan fingerprint density at radius 2 is 1.87 bits per heavy atom. The summed E-state index contributed by atoms with van der Waals surface area (Å²) < 4.78 is 29.8. The van der Waals surface area contributed by atoms with Crippen LogP contribution in [0.3, 0.4) is 0 Å². The summed E-state index contributed by atoms with van der Waals surface area (Å²) in [4.78, 5) is 17.0. The number of pyridine rings is 1. The van der Waals surface area contributed by atoms with E-state index in [1.807, 2.05) is 31.3 Å². The Bertz CT molecular complexity index is 1560. The quantitative estimate of drug-likeness (QED) is 0.318. The van der Waals surface area contributed by atoms with E-state index in [1.165, 1.54) is 12.1 Å². The van der Waals surface area contributed by atoms with Crippen LogP contribution in [-0.2, 0) is 18.3 Å². The first-order chi connectivity index (χ1) is 17.9. The summed E-state index contributed by atoms with van der Waals surface area (Å²) in [5, 5.41) is 18.6. The molecule has 0 saturated carbocycles. The van der Waals surface area contributed by atoms with Crippen LogP contribution in [0.4, 0.5) is 14.6 Å². The number of nitrogens with one attached hydrogen (secondary N) is 1. The second kappa shape index (κ2) is 10.6. The van der Waals surface area contributed by atoms with Crippen molar-refractivity contribution in [2.24, 2.45) is 12.8 Å². The topological polar surface area (TPSA) is 106 Å². The molecule has 2 heterocycles. The molecule has 0 aliphatic rings. The lowest BCUT2D eigenvalue weighted by atomic mass is 9.87. The number of aryl methyl sites for hydroxylation is 1. The number of halogens is 2. The van der Waals surface area contributed by atoms with Crippen molar-refractivity contribution in [2.45, 2.75) is 38.2 Å². The van der Waals surface area contributed by atoms with E-state index < -0.39 is 29.1 Å². The fourth-order valence-electron chi connectivity index (χ4n) is 4.56. The van der Waals surface area contributed by atoms with Crippen LogP contribution in [0, 0.1) is 23.5 Å². The van der Waals surface area contributed by atoms with Crippen LogP contribution >= 0.6 is 0 Å². The van der Waals surface area contributed by atoms with Gasteiger partial charge in [-0.25, -0.2) is 13.8 Å². The molecular weight excluding hydrogens is 488 g/mol. The van der Waals surface area contributed by atoms with E-state index >= 15 is 0 Å². The van der Waals surface area contributed by atoms with Crippen molar-refractivity contribution < 1.29 is 18.7 Å². The minimum Gasteiger partial charge on any atom is -0.378 e. The number of benzene rings is 2. The number of anilines is 1. The molecule has 0 fully saturated rings. The highest BCUT2D eigenvalue weighted by molar-refractivity contribution is 6.00. The average Bonchev–Trinajstić information content (AvgIpc) is 3.17. The maximum absolute atomic E-state index is 14.0. The van der Waals surface area contributed by atoms with Crippen molar-refractivity contribution in [1.29, 1.82) is 0 Å². The van der Waals surface area contributed by atoms with Gasteiger partial charge < -0.3 is 16.2 Å². The number of nitrogens with two attached hydrogens (primary N) is 1. The standard InChI is InChI=1S/C29H29F2N5O2/c1-29(2,38)11-10-21-8-9-22(23-6-5-7-24-27(23)36(4)35-28(24)33-3)26(34-21)18(15-25(32)37)12-17-13-19(30)16-20(31)14-17/h5-9,13-14,16,18,38H,12,15H2,1-4H3,(H2,32,37)(H,33,35)/t18-/m0/s1. The first-order valence-electron chi connectivity index (χ1n) is 12.1. The van der Waals surface area contributed by atoms with Crippen LogP contribution in [0.2, 0.25) is 0 Å². The molecule has 0 spiro atoms. The fourth-order valence-corrected chi connectivity index (χ4v) is 4.56. The van der Waals surface area contributed by atoms with Crippen molar-refractivity contribution >= 4 is 22.6 Å². The van der Waals surface area contributed by atoms with E-state index in [9.17, 15) is 18.7 Å². The number of carbonyl (C=O) groups is 1. The molecule has 1 atom stereocenters. The van der Waals surface area contributed by atoms with E-state index in [0.717, 1.165) is 22.5 Å². The zero-order chi connectivity index (χ0) is 27.6. The van der Waals surface area contributed by atoms with Gasteiger partial charge in [0, 0.05) is 49.0 Å². The number of aliphatic hydroxyl groups is 1. The number of primary amides is 1. The summed E-state index contributed by atoms with van der Waals surface area (Å²) in [6, 6.07) is 12.6. The molecule has 4 N–H and O–H groups in total. The van der Waals surface area contributed by atoms with Gasteiger partial charge in [-0.15, -0.1) is 0 Å². The van der Waals surface area contributed by atoms with Gasteiger partial charge in [0.25, 0.3) is 0 Å². The van der Waals surface area contributed by atoms with Gasteiger partial charge in [-0.3, -0.25) is 9.48 Å². The monoisotopic (exact) mass is 517 g/mol. The largest absolute Gasteiger partial charge is 0.378 e. The van der Waals surface area contributed by atoms with E-state index in [1.54, 1.807) is 31.6 Å². The lowest BCUT2D eigenvalue weighted by Crippen LogP contribution is -2.19. The van der Waals surface area contributed by atoms with Gasteiger partial charge in [0.15, 0.2) is 5.82 Å². The highest BCUT2D eigenvalue weighted by Crippen LogP contribution is 2.37. The lowest BCUT2D eigenvalue weighted by molar-refractivity contribution is -0.118. The third kappa shape index (κ3) is 5.98. The molecule has 1 amide bonds. The van der Waals surface area contributed by atoms with E-state index in [4.69, 9.17) is 10.7 Å². The predicted octanol–water partition coefficient (Wildman–Crippen LogP) is 4.28. The van der Waals surface area contributed by atoms with Gasteiger partial charge in [0.2, 0.25) is 5.91 Å². The molecule has 2 aromatic heterocycles. The van der Waals surface area contributed by atoms with Crippen LogP contribution in [-0.4, -0.2) is 38.4 Å². The summed E-state index contributed by atoms with van der Waals surface area (Å²) in [6.07, 6.45) is 0.00671. The summed E-state index contributed by atoms with van der Waals surface area (Å²) >= 11 is 0. The predicted molar refractivity (Wildman–Crippen MR) is 143 cm³/mol. The maximum Gasteiger partial charge on any atom is 0.218 e. The summed E-state index contributed by atoms with van der Waals surface area (Å²) in [6.45, 7) is 3.12. The molecule has 0 radical (unpaired) electrons. The highest BCUT2D eigenvalue weighted by Gasteiger charge is 2.24. The van der Waals surface area contributed by atoms with E-state index in [-0.39, 0.29) is 12.8 Å². The van der Waals surface area contributed by atoms with Crippen LogP contribution in [0.1, 0.15) is 43.1 Å². The van der Waals surface area contributed by atoms with Crippen molar-refractivity contribution in [3.63, 3.8) is 0 Å². The van der Waals surface area contributed by atoms with Crippen LogP contribution < -0.4 is 11.1 Å². The molecular formula is C29H29F2N5O2. The number of rotatable bonds is 7. The number of aromatic nitrogens is 3. The third-order valence-electron chi connectivity index (χ3n) is 6.05. The number of hydrogen-bond acceptors (Lipinski definition) is 5. The third-order valence-corrected chi connectivity index (χ3v) is 6.05. The van der Waals surface area contributed by atoms with Gasteiger partial charge in [-0.05, 0) is 62.1 Å². The highest BCUT2D eigenvalue weighted by atomic mass is 19.1. The second-order valence-corrected chi connectivity index (χ2v) is 9.71. The minimum absolute atomic E-state index is 0.108. The van der Waals surface area contributed by atoms with Crippen molar-refractivity contribution in [2.75, 3.05) is 12.4 Å². The molecule has 9 heteroatoms. The van der Waals surface area contributed by atoms with Crippen molar-refractivity contribution in [3.8, 4) is 23.0 Å². The van der Waals surface area contributed by atoms with E-state index in [0.29, 0.717) is 28.3 Å². The van der Waals surface area contributed by atoms with Gasteiger partial charge in [0.1, 0.15) is 22.9 Å². The van der Waals surface area contributed by atoms with Gasteiger partial charge in [-0.2, -0.15) is 5.10 Å². The minimum atomic E-state index is -1.24. The zero-order valence-electron chi connectivity index (χ0n) is 21.6. The Labute approximate surface area is 219 Å². The smallest absolute Gasteiger partial charge is 0.218 e. The first-order valence-corrected chi connectivity index (χ1v) is 12.1. The number of nitrogens with zero attached hydrogens (tertiary/aromatic N) is 3. The number of fused-ring (bicyclic) bond motifs is 1. The van der Waals surface area contributed by atoms with Gasteiger partial charge in [-0.1, -0.05) is 18.1 Å². The van der Waals surface area contributed by atoms with Crippen molar-refractivity contribution in [3.05, 3.63) is 77.1 Å². The van der Waals surface area contributed by atoms with Gasteiger partial charge in [0.05, 0.1) is 11.2 Å². The van der Waals surface area contributed by atoms with Gasteiger partial charge >= 0.3 is 0 Å². The number of carbonyl (C=O) groups excluding carboxylic acids is 1. The second-order valence-electron chi connectivity index (χ2n) is 9.71. The van der Waals surface area contributed by atoms with Crippen LogP contribution in [0.15, 0.2) is 48.5 Å². The Kier molecular flexibility index (Phi) is 7.46. The molecule has 2 aromatic carbocycles. The Hall–Kier alpha value is -4.29. The Balaban J connectivity index is 1.96. The fraction of sp³-hybridized carbons (Fsp3) is 0.276. The summed E-state index contributed by atoms with van der Waals surface area (Å²) in [7, 11) is 3.62. The molecule has 0 unspecified atom stereocenters. The molecule has 196 valence electrons. The maximum atomic E-state index is 14.0. The zero-order valence-corrected chi connectivity index (χ0v) is 21.6. The van der Waals surface area contributed by atoms with Crippen molar-refractivity contribution in [1.82, 2.24) is 14.8 Å². The first kappa shape index (κ1) is 26.8. The number of hydrogen-bond donors (Lipinski definition) is 3. The Morgan fingerprint density at radius 1 is 1.16 bits per heavy atom. The van der Waals surface area contributed by atoms with E-state index in [2.05, 4.69) is 22.3 Å². The summed E-state index contributed by atoms with van der Waals surface area (Å²) in [5.74, 6) is 3.72. The average molecular weight is 518 g/mol. The molecule has 0 bridgehead atoms. The molecule has 0 aliphatic carbocycles. The van der Waals surface area contributed by atoms with Crippen LogP contribution in [0.5, 0.6) is 0 Å². The number of amides is 1. The molecule has 38 heavy (non-hydrogen) atoms. The molecule has 4 rings (SSSR count). The lowest BCUT2D eigenvalue weighted by Gasteiger charge is -2.20.